The van der Waals surface area contributed by atoms with Crippen molar-refractivity contribution in [3.63, 3.8) is 0 Å². The molecule has 0 spiro atoms. The Morgan fingerprint density at radius 1 is 1.10 bits per heavy atom. The van der Waals surface area contributed by atoms with Gasteiger partial charge in [-0.1, -0.05) is 6.07 Å². The van der Waals surface area contributed by atoms with E-state index >= 15 is 0 Å². The zero-order valence-corrected chi connectivity index (χ0v) is 17.1. The van der Waals surface area contributed by atoms with Gasteiger partial charge in [-0.2, -0.15) is 5.10 Å². The van der Waals surface area contributed by atoms with Crippen LogP contribution in [-0.2, 0) is 18.3 Å². The Hall–Kier alpha value is -4.00. The van der Waals surface area contributed by atoms with Gasteiger partial charge in [0.05, 0.1) is 23.3 Å². The maximum atomic E-state index is 12.8. The summed E-state index contributed by atoms with van der Waals surface area (Å²) in [6.45, 7) is 0. The number of carbonyl (C=O) groups is 1. The molecule has 0 saturated carbocycles. The third-order valence-electron chi connectivity index (χ3n) is 5.56. The SMILES string of the molecule is Cn1nccc1-c1ccc2c(c1)CC[C@H](C(=O)Nc1ccc(-c3cccnc3)nc1)N2. The summed E-state index contributed by atoms with van der Waals surface area (Å²) in [4.78, 5) is 21.4. The average Bonchev–Trinajstić information content (AvgIpc) is 3.25. The highest BCUT2D eigenvalue weighted by molar-refractivity contribution is 5.97. The first kappa shape index (κ1) is 19.0. The molecule has 7 heteroatoms. The molecule has 0 saturated heterocycles. The maximum absolute atomic E-state index is 12.8. The highest BCUT2D eigenvalue weighted by Gasteiger charge is 2.24. The van der Waals surface area contributed by atoms with E-state index in [0.29, 0.717) is 5.69 Å². The minimum atomic E-state index is -0.284. The predicted molar refractivity (Wildman–Crippen MR) is 120 cm³/mol. The predicted octanol–water partition coefficient (Wildman–Crippen LogP) is 3.91. The minimum Gasteiger partial charge on any atom is -0.373 e. The third-order valence-corrected chi connectivity index (χ3v) is 5.56. The van der Waals surface area contributed by atoms with Crippen molar-refractivity contribution in [3.05, 3.63) is 78.9 Å². The van der Waals surface area contributed by atoms with Gasteiger partial charge < -0.3 is 10.6 Å². The van der Waals surface area contributed by atoms with Gasteiger partial charge in [0.1, 0.15) is 6.04 Å². The number of nitrogens with zero attached hydrogens (tertiary/aromatic N) is 4. The van der Waals surface area contributed by atoms with Gasteiger partial charge in [-0.3, -0.25) is 19.4 Å². The molecular weight excluding hydrogens is 388 g/mol. The molecule has 0 bridgehead atoms. The van der Waals surface area contributed by atoms with Crippen molar-refractivity contribution >= 4 is 17.3 Å². The van der Waals surface area contributed by atoms with Crippen molar-refractivity contribution in [3.8, 4) is 22.5 Å². The van der Waals surface area contributed by atoms with Gasteiger partial charge in [0.15, 0.2) is 0 Å². The van der Waals surface area contributed by atoms with Crippen LogP contribution in [0.5, 0.6) is 0 Å². The van der Waals surface area contributed by atoms with Gasteiger partial charge in [-0.05, 0) is 60.9 Å². The van der Waals surface area contributed by atoms with Crippen LogP contribution in [0, 0.1) is 0 Å². The topological polar surface area (TPSA) is 84.7 Å². The van der Waals surface area contributed by atoms with Gasteiger partial charge in [0, 0.05) is 42.5 Å². The lowest BCUT2D eigenvalue weighted by Gasteiger charge is -2.26. The number of benzene rings is 1. The van der Waals surface area contributed by atoms with Crippen molar-refractivity contribution in [1.29, 1.82) is 0 Å². The summed E-state index contributed by atoms with van der Waals surface area (Å²) >= 11 is 0. The van der Waals surface area contributed by atoms with Crippen LogP contribution in [0.2, 0.25) is 0 Å². The van der Waals surface area contributed by atoms with Crippen LogP contribution in [0.25, 0.3) is 22.5 Å². The van der Waals surface area contributed by atoms with E-state index in [0.717, 1.165) is 41.0 Å². The number of carbonyl (C=O) groups excluding carboxylic acids is 1. The van der Waals surface area contributed by atoms with Crippen molar-refractivity contribution in [1.82, 2.24) is 19.7 Å². The van der Waals surface area contributed by atoms with Gasteiger partial charge in [0.2, 0.25) is 5.91 Å². The molecule has 4 aromatic rings. The number of pyridine rings is 2. The molecule has 31 heavy (non-hydrogen) atoms. The van der Waals surface area contributed by atoms with E-state index in [2.05, 4.69) is 37.8 Å². The smallest absolute Gasteiger partial charge is 0.246 e. The average molecular weight is 410 g/mol. The van der Waals surface area contributed by atoms with Crippen LogP contribution in [0.15, 0.2) is 73.3 Å². The van der Waals surface area contributed by atoms with Crippen molar-refractivity contribution < 1.29 is 4.79 Å². The fraction of sp³-hybridized carbons (Fsp3) is 0.167. The third kappa shape index (κ3) is 3.90. The molecule has 1 aromatic carbocycles. The zero-order chi connectivity index (χ0) is 21.2. The van der Waals surface area contributed by atoms with E-state index in [9.17, 15) is 4.79 Å². The van der Waals surface area contributed by atoms with E-state index in [1.54, 1.807) is 24.8 Å². The summed E-state index contributed by atoms with van der Waals surface area (Å²) in [5.41, 5.74) is 6.86. The fourth-order valence-corrected chi connectivity index (χ4v) is 3.90. The second-order valence-corrected chi connectivity index (χ2v) is 7.61. The van der Waals surface area contributed by atoms with Gasteiger partial charge in [-0.15, -0.1) is 0 Å². The molecule has 1 atom stereocenters. The van der Waals surface area contributed by atoms with Crippen LogP contribution < -0.4 is 10.6 Å². The summed E-state index contributed by atoms with van der Waals surface area (Å²) in [7, 11) is 1.94. The van der Waals surface area contributed by atoms with Crippen LogP contribution in [-0.4, -0.2) is 31.7 Å². The molecule has 0 aliphatic carbocycles. The monoisotopic (exact) mass is 410 g/mol. The standard InChI is InChI=1S/C24H22N6O/c1-30-23(10-12-27-30)17-5-7-21-16(13-17)4-8-22(29-21)24(31)28-19-6-9-20(26-15-19)18-3-2-11-25-14-18/h2-3,5-7,9-15,22,29H,4,8H2,1H3,(H,28,31)/t22-/m1/s1. The highest BCUT2D eigenvalue weighted by atomic mass is 16.2. The summed E-state index contributed by atoms with van der Waals surface area (Å²) in [6.07, 6.45) is 8.54. The molecule has 0 unspecified atom stereocenters. The second-order valence-electron chi connectivity index (χ2n) is 7.61. The fourth-order valence-electron chi connectivity index (χ4n) is 3.90. The van der Waals surface area contributed by atoms with E-state index < -0.39 is 0 Å². The number of aryl methyl sites for hydroxylation is 2. The number of amides is 1. The highest BCUT2D eigenvalue weighted by Crippen LogP contribution is 2.30. The van der Waals surface area contributed by atoms with E-state index in [4.69, 9.17) is 0 Å². The number of nitrogens with one attached hydrogen (secondary N) is 2. The van der Waals surface area contributed by atoms with Gasteiger partial charge in [0.25, 0.3) is 0 Å². The van der Waals surface area contributed by atoms with E-state index in [1.807, 2.05) is 48.1 Å². The molecular formula is C24H22N6O. The minimum absolute atomic E-state index is 0.0581. The van der Waals surface area contributed by atoms with Crippen molar-refractivity contribution in [2.75, 3.05) is 10.6 Å². The summed E-state index contributed by atoms with van der Waals surface area (Å²) in [5.74, 6) is -0.0581. The number of anilines is 2. The largest absolute Gasteiger partial charge is 0.373 e. The Kier molecular flexibility index (Phi) is 4.92. The Labute approximate surface area is 180 Å². The number of hydrogen-bond acceptors (Lipinski definition) is 5. The number of aromatic nitrogens is 4. The Balaban J connectivity index is 1.26. The molecule has 7 nitrogen and oxygen atoms in total. The van der Waals surface area contributed by atoms with Crippen LogP contribution >= 0.6 is 0 Å². The lowest BCUT2D eigenvalue weighted by Crippen LogP contribution is -2.37. The van der Waals surface area contributed by atoms with Gasteiger partial charge >= 0.3 is 0 Å². The maximum Gasteiger partial charge on any atom is 0.246 e. The lowest BCUT2D eigenvalue weighted by molar-refractivity contribution is -0.117. The molecule has 5 rings (SSSR count). The second kappa shape index (κ2) is 8.02. The quantitative estimate of drug-likeness (QED) is 0.533. The molecule has 1 aliphatic heterocycles. The van der Waals surface area contributed by atoms with Crippen LogP contribution in [0.3, 0.4) is 0 Å². The number of fused-ring (bicyclic) bond motifs is 1. The van der Waals surface area contributed by atoms with Crippen LogP contribution in [0.4, 0.5) is 11.4 Å². The zero-order valence-electron chi connectivity index (χ0n) is 17.1. The summed E-state index contributed by atoms with van der Waals surface area (Å²) < 4.78 is 1.86. The van der Waals surface area contributed by atoms with E-state index in [-0.39, 0.29) is 11.9 Å². The molecule has 0 radical (unpaired) electrons. The molecule has 1 aliphatic rings. The Morgan fingerprint density at radius 3 is 2.77 bits per heavy atom. The summed E-state index contributed by atoms with van der Waals surface area (Å²) in [6, 6.07) is 15.6. The van der Waals surface area contributed by atoms with Crippen LogP contribution in [0.1, 0.15) is 12.0 Å². The molecule has 2 N–H and O–H groups in total. The molecule has 0 fully saturated rings. The van der Waals surface area contributed by atoms with Crippen molar-refractivity contribution in [2.45, 2.75) is 18.9 Å². The summed E-state index contributed by atoms with van der Waals surface area (Å²) in [5, 5.41) is 10.6. The van der Waals surface area contributed by atoms with E-state index in [1.165, 1.54) is 5.56 Å². The normalized spacial score (nSPS) is 15.1. The first-order valence-electron chi connectivity index (χ1n) is 10.2. The van der Waals surface area contributed by atoms with Crippen molar-refractivity contribution in [2.24, 2.45) is 7.05 Å². The molecule has 154 valence electrons. The number of rotatable bonds is 4. The first-order chi connectivity index (χ1) is 15.2. The van der Waals surface area contributed by atoms with Gasteiger partial charge in [-0.25, -0.2) is 0 Å². The lowest BCUT2D eigenvalue weighted by atomic mass is 9.95. The number of hydrogen-bond donors (Lipinski definition) is 2. The first-order valence-corrected chi connectivity index (χ1v) is 10.2. The Morgan fingerprint density at radius 2 is 2.03 bits per heavy atom. The Bertz CT molecular complexity index is 1220. The molecule has 4 heterocycles. The molecule has 3 aromatic heterocycles. The molecule has 1 amide bonds.